The van der Waals surface area contributed by atoms with Crippen molar-refractivity contribution in [3.63, 3.8) is 0 Å². The van der Waals surface area contributed by atoms with Gasteiger partial charge in [-0.25, -0.2) is 12.8 Å². The molecule has 4 rings (SSSR count). The number of halogens is 1. The Morgan fingerprint density at radius 3 is 2.46 bits per heavy atom. The number of nitrogens with one attached hydrogen (secondary N) is 1. The van der Waals surface area contributed by atoms with Crippen molar-refractivity contribution < 1.29 is 22.4 Å². The van der Waals surface area contributed by atoms with E-state index < -0.39 is 16.1 Å². The zero-order valence-corrected chi connectivity index (χ0v) is 22.4. The van der Waals surface area contributed by atoms with Crippen molar-refractivity contribution in [1.29, 1.82) is 0 Å². The maximum Gasteiger partial charge on any atom is 0.243 e. The van der Waals surface area contributed by atoms with Gasteiger partial charge in [-0.15, -0.1) is 11.3 Å². The number of fused-ring (bicyclic) bond motifs is 1. The van der Waals surface area contributed by atoms with Crippen molar-refractivity contribution in [1.82, 2.24) is 9.21 Å². The van der Waals surface area contributed by atoms with Gasteiger partial charge in [0.25, 0.3) is 0 Å². The van der Waals surface area contributed by atoms with Gasteiger partial charge < -0.3 is 10.2 Å². The van der Waals surface area contributed by atoms with Crippen LogP contribution in [0.3, 0.4) is 0 Å². The molecule has 1 aliphatic rings. The molecule has 1 atom stereocenters. The third-order valence-electron chi connectivity index (χ3n) is 6.36. The largest absolute Gasteiger partial charge is 0.330 e. The number of benzene rings is 2. The molecule has 0 saturated carbocycles. The van der Waals surface area contributed by atoms with E-state index >= 15 is 0 Å². The lowest BCUT2D eigenvalue weighted by Crippen LogP contribution is -2.47. The van der Waals surface area contributed by atoms with E-state index in [0.29, 0.717) is 25.1 Å². The van der Waals surface area contributed by atoms with E-state index in [9.17, 15) is 22.4 Å². The fourth-order valence-corrected chi connectivity index (χ4v) is 6.84. The first kappa shape index (κ1) is 27.0. The second kappa shape index (κ2) is 11.5. The molecular formula is C27H30FN3O4S2. The standard InChI is InChI=1S/C27H30FN3O4S2/c1-3-4-15-30(37(34,35)23-11-9-22(10-12-23)29-19(2)32)18-26(33)31-16-13-25-24(14-17-36-25)27(31)20-5-7-21(28)8-6-20/h5-12,14,17,27H,3-4,13,15-16,18H2,1-2H3,(H,29,32). The fourth-order valence-electron chi connectivity index (χ4n) is 4.51. The predicted octanol–water partition coefficient (Wildman–Crippen LogP) is 4.81. The predicted molar refractivity (Wildman–Crippen MR) is 142 cm³/mol. The quantitative estimate of drug-likeness (QED) is 0.420. The zero-order chi connectivity index (χ0) is 26.6. The molecule has 0 aliphatic carbocycles. The van der Waals surface area contributed by atoms with Gasteiger partial charge in [-0.05, 0) is 71.8 Å². The van der Waals surface area contributed by atoms with Crippen LogP contribution in [0.5, 0.6) is 0 Å². The van der Waals surface area contributed by atoms with E-state index in [0.717, 1.165) is 17.5 Å². The van der Waals surface area contributed by atoms with E-state index in [-0.39, 0.29) is 35.6 Å². The molecule has 1 aliphatic heterocycles. The van der Waals surface area contributed by atoms with Crippen LogP contribution in [0.25, 0.3) is 0 Å². The minimum Gasteiger partial charge on any atom is -0.330 e. The SMILES string of the molecule is CCCCN(CC(=O)N1CCc2sccc2C1c1ccc(F)cc1)S(=O)(=O)c1ccc(NC(C)=O)cc1. The highest BCUT2D eigenvalue weighted by Gasteiger charge is 2.35. The zero-order valence-electron chi connectivity index (χ0n) is 20.8. The lowest BCUT2D eigenvalue weighted by molar-refractivity contribution is -0.133. The Labute approximate surface area is 221 Å². The molecule has 2 heterocycles. The van der Waals surface area contributed by atoms with Gasteiger partial charge in [-0.3, -0.25) is 9.59 Å². The summed E-state index contributed by atoms with van der Waals surface area (Å²) in [7, 11) is -3.96. The topological polar surface area (TPSA) is 86.8 Å². The van der Waals surface area contributed by atoms with Crippen LogP contribution < -0.4 is 5.32 Å². The number of hydrogen-bond donors (Lipinski definition) is 1. The molecule has 1 aromatic heterocycles. The molecule has 37 heavy (non-hydrogen) atoms. The van der Waals surface area contributed by atoms with Crippen molar-refractivity contribution in [2.24, 2.45) is 0 Å². The lowest BCUT2D eigenvalue weighted by atomic mass is 9.93. The van der Waals surface area contributed by atoms with Crippen LogP contribution in [0.4, 0.5) is 10.1 Å². The summed E-state index contributed by atoms with van der Waals surface area (Å²) in [6.07, 6.45) is 2.05. The third kappa shape index (κ3) is 6.08. The highest BCUT2D eigenvalue weighted by atomic mass is 32.2. The normalized spacial score (nSPS) is 15.5. The molecule has 2 aromatic carbocycles. The molecule has 3 aromatic rings. The summed E-state index contributed by atoms with van der Waals surface area (Å²) in [5.41, 5.74) is 2.27. The number of carbonyl (C=O) groups excluding carboxylic acids is 2. The van der Waals surface area contributed by atoms with Crippen LogP contribution >= 0.6 is 11.3 Å². The smallest absolute Gasteiger partial charge is 0.243 e. The fraction of sp³-hybridized carbons (Fsp3) is 0.333. The Balaban J connectivity index is 1.62. The van der Waals surface area contributed by atoms with E-state index in [1.165, 1.54) is 52.5 Å². The molecule has 0 fully saturated rings. The molecular weight excluding hydrogens is 513 g/mol. The maximum absolute atomic E-state index is 13.7. The van der Waals surface area contributed by atoms with Crippen molar-refractivity contribution >= 4 is 38.9 Å². The number of nitrogens with zero attached hydrogens (tertiary/aromatic N) is 2. The average molecular weight is 544 g/mol. The lowest BCUT2D eigenvalue weighted by Gasteiger charge is -2.37. The van der Waals surface area contributed by atoms with E-state index in [4.69, 9.17) is 0 Å². The van der Waals surface area contributed by atoms with Crippen molar-refractivity contribution in [3.05, 3.63) is 81.8 Å². The summed E-state index contributed by atoms with van der Waals surface area (Å²) in [6, 6.07) is 13.6. The molecule has 10 heteroatoms. The average Bonchev–Trinajstić information content (AvgIpc) is 3.35. The number of anilines is 1. The third-order valence-corrected chi connectivity index (χ3v) is 9.21. The molecule has 7 nitrogen and oxygen atoms in total. The van der Waals surface area contributed by atoms with Crippen molar-refractivity contribution in [2.75, 3.05) is 25.0 Å². The first-order valence-corrected chi connectivity index (χ1v) is 14.5. The molecule has 0 saturated heterocycles. The molecule has 1 N–H and O–H groups in total. The van der Waals surface area contributed by atoms with Crippen LogP contribution in [-0.2, 0) is 26.0 Å². The number of sulfonamides is 1. The number of amides is 2. The highest BCUT2D eigenvalue weighted by Crippen LogP contribution is 2.38. The Morgan fingerprint density at radius 1 is 1.11 bits per heavy atom. The first-order valence-electron chi connectivity index (χ1n) is 12.2. The Hall–Kier alpha value is -3.08. The van der Waals surface area contributed by atoms with E-state index in [1.54, 1.807) is 28.4 Å². The summed E-state index contributed by atoms with van der Waals surface area (Å²) >= 11 is 1.63. The summed E-state index contributed by atoms with van der Waals surface area (Å²) in [5.74, 6) is -0.915. The summed E-state index contributed by atoms with van der Waals surface area (Å²) in [5, 5.41) is 4.61. The number of carbonyl (C=O) groups is 2. The Bertz CT molecular complexity index is 1360. The monoisotopic (exact) mass is 543 g/mol. The molecule has 1 unspecified atom stereocenters. The van der Waals surface area contributed by atoms with Gasteiger partial charge in [-0.1, -0.05) is 25.5 Å². The van der Waals surface area contributed by atoms with Gasteiger partial charge in [0.1, 0.15) is 5.82 Å². The van der Waals surface area contributed by atoms with Gasteiger partial charge in [0, 0.05) is 30.6 Å². The Morgan fingerprint density at radius 2 is 1.81 bits per heavy atom. The summed E-state index contributed by atoms with van der Waals surface area (Å²) in [6.45, 7) is 3.69. The van der Waals surface area contributed by atoms with Crippen molar-refractivity contribution in [2.45, 2.75) is 44.0 Å². The van der Waals surface area contributed by atoms with Crippen LogP contribution in [0.15, 0.2) is 64.9 Å². The number of rotatable bonds is 9. The van der Waals surface area contributed by atoms with Crippen LogP contribution in [0, 0.1) is 5.82 Å². The van der Waals surface area contributed by atoms with Gasteiger partial charge in [-0.2, -0.15) is 4.31 Å². The number of unbranched alkanes of at least 4 members (excludes halogenated alkanes) is 1. The first-order chi connectivity index (χ1) is 17.7. The van der Waals surface area contributed by atoms with Crippen molar-refractivity contribution in [3.8, 4) is 0 Å². The molecule has 0 bridgehead atoms. The van der Waals surface area contributed by atoms with Crippen LogP contribution in [0.1, 0.15) is 48.7 Å². The van der Waals surface area contributed by atoms with Gasteiger partial charge in [0.15, 0.2) is 0 Å². The van der Waals surface area contributed by atoms with Gasteiger partial charge in [0.2, 0.25) is 21.8 Å². The molecule has 2 amide bonds. The molecule has 196 valence electrons. The summed E-state index contributed by atoms with van der Waals surface area (Å²) in [4.78, 5) is 27.9. The molecule has 0 spiro atoms. The second-order valence-electron chi connectivity index (χ2n) is 8.99. The van der Waals surface area contributed by atoms with E-state index in [1.807, 2.05) is 18.4 Å². The highest BCUT2D eigenvalue weighted by molar-refractivity contribution is 7.89. The Kier molecular flexibility index (Phi) is 8.41. The van der Waals surface area contributed by atoms with Gasteiger partial charge >= 0.3 is 0 Å². The summed E-state index contributed by atoms with van der Waals surface area (Å²) < 4.78 is 42.0. The second-order valence-corrected chi connectivity index (χ2v) is 11.9. The maximum atomic E-state index is 13.7. The molecule has 0 radical (unpaired) electrons. The van der Waals surface area contributed by atoms with Crippen LogP contribution in [0.2, 0.25) is 0 Å². The number of hydrogen-bond acceptors (Lipinski definition) is 5. The van der Waals surface area contributed by atoms with Crippen LogP contribution in [-0.4, -0.2) is 49.1 Å². The minimum absolute atomic E-state index is 0.0550. The minimum atomic E-state index is -3.96. The number of thiophene rings is 1. The van der Waals surface area contributed by atoms with Gasteiger partial charge in [0.05, 0.1) is 17.5 Å². The van der Waals surface area contributed by atoms with E-state index in [2.05, 4.69) is 5.32 Å².